The van der Waals surface area contributed by atoms with Crippen LogP contribution in [-0.2, 0) is 37.3 Å². The third kappa shape index (κ3) is 7.22. The molecule has 0 radical (unpaired) electrons. The molecule has 12 nitrogen and oxygen atoms in total. The predicted octanol–water partition coefficient (Wildman–Crippen LogP) is 2.23. The van der Waals surface area contributed by atoms with Crippen LogP contribution in [0.25, 0.3) is 10.8 Å². The van der Waals surface area contributed by atoms with Gasteiger partial charge >= 0.3 is 5.97 Å². The number of benzene rings is 2. The zero-order chi connectivity index (χ0) is 28.8. The third-order valence-electron chi connectivity index (χ3n) is 7.51. The minimum atomic E-state index is -4.17. The number of carboxylic acid groups (broad SMARTS) is 1. The Kier molecular flexibility index (Phi) is 9.18. The summed E-state index contributed by atoms with van der Waals surface area (Å²) < 4.78 is 28.3. The molecule has 3 atom stereocenters. The third-order valence-corrected chi connectivity index (χ3v) is 9.04. The van der Waals surface area contributed by atoms with Crippen LogP contribution in [0.2, 0.25) is 0 Å². The van der Waals surface area contributed by atoms with Crippen LogP contribution < -0.4 is 20.8 Å². The van der Waals surface area contributed by atoms with Crippen LogP contribution in [0.15, 0.2) is 47.4 Å². The van der Waals surface area contributed by atoms with Crippen molar-refractivity contribution in [3.8, 4) is 0 Å². The van der Waals surface area contributed by atoms with E-state index in [1.54, 1.807) is 36.4 Å². The highest BCUT2D eigenvalue weighted by molar-refractivity contribution is 7.89. The molecule has 0 saturated carbocycles. The number of unbranched alkanes of at least 4 members (excludes halogenated alkanes) is 1. The maximum atomic E-state index is 13.0. The van der Waals surface area contributed by atoms with Gasteiger partial charge in [-0.05, 0) is 56.4 Å². The van der Waals surface area contributed by atoms with E-state index in [-0.39, 0.29) is 11.0 Å². The molecule has 3 unspecified atom stereocenters. The molecule has 5 rings (SSSR count). The molecule has 1 aliphatic heterocycles. The highest BCUT2D eigenvalue weighted by Crippen LogP contribution is 2.23. The van der Waals surface area contributed by atoms with Gasteiger partial charge < -0.3 is 20.7 Å². The number of nitrogens with zero attached hydrogens (tertiary/aromatic N) is 1. The SMILES string of the molecule is O=C(O)C(CNC(=O)C1CC(CCCCNc2nc3c([nH]2)CCCC3)ON1)NS(=O)(=O)c1cccc2ccccc12. The number of carbonyl (C=O) groups is 2. The minimum Gasteiger partial charge on any atom is -0.480 e. The minimum absolute atomic E-state index is 0.0274. The lowest BCUT2D eigenvalue weighted by Crippen LogP contribution is -2.51. The summed E-state index contributed by atoms with van der Waals surface area (Å²) in [5.41, 5.74) is 5.13. The van der Waals surface area contributed by atoms with E-state index in [2.05, 4.69) is 30.8 Å². The molecule has 3 aromatic rings. The maximum absolute atomic E-state index is 13.0. The number of carbonyl (C=O) groups excluding carboxylic acids is 1. The van der Waals surface area contributed by atoms with Crippen LogP contribution in [0.3, 0.4) is 0 Å². The first-order chi connectivity index (χ1) is 19.8. The number of amides is 1. The summed E-state index contributed by atoms with van der Waals surface area (Å²) in [6.45, 7) is 0.366. The van der Waals surface area contributed by atoms with Gasteiger partial charge in [-0.2, -0.15) is 10.2 Å². The number of aromatic nitrogens is 2. The Bertz CT molecular complexity index is 1460. The van der Waals surface area contributed by atoms with E-state index in [9.17, 15) is 23.1 Å². The molecule has 0 spiro atoms. The van der Waals surface area contributed by atoms with Crippen molar-refractivity contribution in [2.45, 2.75) is 74.4 Å². The van der Waals surface area contributed by atoms with E-state index in [1.165, 1.54) is 30.3 Å². The Labute approximate surface area is 238 Å². The molecule has 1 amide bonds. The summed E-state index contributed by atoms with van der Waals surface area (Å²) in [6, 6.07) is 9.52. The smallest absolute Gasteiger partial charge is 0.323 e. The van der Waals surface area contributed by atoms with E-state index in [1.807, 2.05) is 0 Å². The number of hydrogen-bond acceptors (Lipinski definition) is 8. The van der Waals surface area contributed by atoms with Crippen molar-refractivity contribution in [1.29, 1.82) is 0 Å². The molecule has 2 aromatic carbocycles. The number of hydroxylamine groups is 1. The van der Waals surface area contributed by atoms with Gasteiger partial charge in [0.15, 0.2) is 0 Å². The number of carboxylic acids is 1. The van der Waals surface area contributed by atoms with Gasteiger partial charge in [-0.15, -0.1) is 0 Å². The maximum Gasteiger partial charge on any atom is 0.323 e. The summed E-state index contributed by atoms with van der Waals surface area (Å²) in [5.74, 6) is -1.02. The molecule has 1 aromatic heterocycles. The number of nitrogens with one attached hydrogen (secondary N) is 5. The predicted molar refractivity (Wildman–Crippen MR) is 153 cm³/mol. The number of H-pyrrole nitrogens is 1. The molecule has 1 aliphatic carbocycles. The van der Waals surface area contributed by atoms with Gasteiger partial charge in [0, 0.05) is 30.6 Å². The summed E-state index contributed by atoms with van der Waals surface area (Å²) in [4.78, 5) is 38.1. The highest BCUT2D eigenvalue weighted by atomic mass is 32.2. The number of aliphatic carboxylic acids is 1. The van der Waals surface area contributed by atoms with Crippen molar-refractivity contribution in [3.63, 3.8) is 0 Å². The molecule has 41 heavy (non-hydrogen) atoms. The highest BCUT2D eigenvalue weighted by Gasteiger charge is 2.32. The molecular weight excluding hydrogens is 548 g/mol. The largest absolute Gasteiger partial charge is 0.480 e. The topological polar surface area (TPSA) is 175 Å². The second-order valence-corrected chi connectivity index (χ2v) is 12.2. The molecule has 6 N–H and O–H groups in total. The first-order valence-electron chi connectivity index (χ1n) is 14.0. The van der Waals surface area contributed by atoms with E-state index in [0.29, 0.717) is 17.2 Å². The number of sulfonamides is 1. The number of fused-ring (bicyclic) bond motifs is 2. The number of aryl methyl sites for hydroxylation is 2. The first kappa shape index (κ1) is 29.0. The summed E-state index contributed by atoms with van der Waals surface area (Å²) >= 11 is 0. The lowest BCUT2D eigenvalue weighted by molar-refractivity contribution is -0.139. The van der Waals surface area contributed by atoms with Gasteiger partial charge in [-0.1, -0.05) is 36.4 Å². The monoisotopic (exact) mass is 584 g/mol. The van der Waals surface area contributed by atoms with E-state index in [4.69, 9.17) is 4.84 Å². The van der Waals surface area contributed by atoms with Crippen LogP contribution in [0.4, 0.5) is 5.95 Å². The summed E-state index contributed by atoms with van der Waals surface area (Å²) in [5, 5.41) is 16.7. The number of imidazole rings is 1. The van der Waals surface area contributed by atoms with Crippen molar-refractivity contribution < 1.29 is 28.0 Å². The van der Waals surface area contributed by atoms with Crippen molar-refractivity contribution in [2.75, 3.05) is 18.4 Å². The van der Waals surface area contributed by atoms with Crippen LogP contribution in [0.1, 0.15) is 49.9 Å². The fourth-order valence-corrected chi connectivity index (χ4v) is 6.72. The fourth-order valence-electron chi connectivity index (χ4n) is 5.30. The molecule has 2 aliphatic rings. The average molecular weight is 585 g/mol. The Hall–Kier alpha value is -3.52. The molecule has 0 bridgehead atoms. The van der Waals surface area contributed by atoms with E-state index >= 15 is 0 Å². The number of hydrogen-bond donors (Lipinski definition) is 6. The first-order valence-corrected chi connectivity index (χ1v) is 15.5. The molecule has 1 fully saturated rings. The van der Waals surface area contributed by atoms with Crippen LogP contribution in [0.5, 0.6) is 0 Å². The zero-order valence-electron chi connectivity index (χ0n) is 22.7. The number of anilines is 1. The summed E-state index contributed by atoms with van der Waals surface area (Å²) in [6.07, 6.45) is 7.34. The van der Waals surface area contributed by atoms with Crippen molar-refractivity contribution in [1.82, 2.24) is 25.5 Å². The Morgan fingerprint density at radius 2 is 1.90 bits per heavy atom. The molecule has 1 saturated heterocycles. The molecule has 13 heteroatoms. The van der Waals surface area contributed by atoms with Gasteiger partial charge in [0.2, 0.25) is 21.9 Å². The summed E-state index contributed by atoms with van der Waals surface area (Å²) in [7, 11) is -4.17. The Balaban J connectivity index is 1.05. The lowest BCUT2D eigenvalue weighted by Gasteiger charge is -2.17. The average Bonchev–Trinajstić information content (AvgIpc) is 3.61. The molecule has 220 valence electrons. The van der Waals surface area contributed by atoms with Crippen LogP contribution in [0, 0.1) is 0 Å². The number of rotatable bonds is 13. The van der Waals surface area contributed by atoms with Gasteiger partial charge in [0.25, 0.3) is 0 Å². The second kappa shape index (κ2) is 13.0. The van der Waals surface area contributed by atoms with Gasteiger partial charge in [0.1, 0.15) is 12.1 Å². The lowest BCUT2D eigenvalue weighted by atomic mass is 10.0. The van der Waals surface area contributed by atoms with E-state index < -0.39 is 40.5 Å². The van der Waals surface area contributed by atoms with E-state index in [0.717, 1.165) is 44.6 Å². The standard InChI is InChI=1S/C28H36N6O6S/c35-26(23-16-19(40-33-23)10-5-6-15-29-28-31-21-12-3-4-13-22(21)32-28)30-17-24(27(36)37)34-41(38,39)25-14-7-9-18-8-1-2-11-20(18)25/h1-2,7-9,11,14,19,23-24,33-34H,3-6,10,12-13,15-17H2,(H,30,35)(H,36,37)(H2,29,31,32). The van der Waals surface area contributed by atoms with Crippen LogP contribution >= 0.6 is 0 Å². The van der Waals surface area contributed by atoms with Crippen LogP contribution in [-0.4, -0.2) is 66.6 Å². The Morgan fingerprint density at radius 1 is 1.10 bits per heavy atom. The van der Waals surface area contributed by atoms with Crippen molar-refractivity contribution >= 4 is 38.6 Å². The Morgan fingerprint density at radius 3 is 2.73 bits per heavy atom. The van der Waals surface area contributed by atoms with Crippen molar-refractivity contribution in [3.05, 3.63) is 53.9 Å². The van der Waals surface area contributed by atoms with Gasteiger partial charge in [-0.3, -0.25) is 14.4 Å². The second-order valence-electron chi connectivity index (χ2n) is 10.5. The molecule has 2 heterocycles. The fraction of sp³-hybridized carbons (Fsp3) is 0.464. The van der Waals surface area contributed by atoms with Crippen molar-refractivity contribution in [2.24, 2.45) is 0 Å². The normalized spacial score (nSPS) is 19.5. The molecular formula is C28H36N6O6S. The number of aromatic amines is 1. The quantitative estimate of drug-likeness (QED) is 0.165. The van der Waals surface area contributed by atoms with Gasteiger partial charge in [-0.25, -0.2) is 13.4 Å². The zero-order valence-corrected chi connectivity index (χ0v) is 23.5. The van der Waals surface area contributed by atoms with Gasteiger partial charge in [0.05, 0.1) is 16.7 Å².